The van der Waals surface area contributed by atoms with Gasteiger partial charge in [-0.1, -0.05) is 54.6 Å². The molecule has 1 N–H and O–H groups in total. The van der Waals surface area contributed by atoms with Gasteiger partial charge in [0, 0.05) is 19.1 Å². The van der Waals surface area contributed by atoms with E-state index in [4.69, 9.17) is 9.84 Å². The van der Waals surface area contributed by atoms with E-state index >= 15 is 0 Å². The maximum atomic E-state index is 11.1. The predicted octanol–water partition coefficient (Wildman–Crippen LogP) is 5.42. The van der Waals surface area contributed by atoms with Crippen molar-refractivity contribution >= 4 is 5.97 Å². The molecule has 1 aliphatic heterocycles. The van der Waals surface area contributed by atoms with Crippen molar-refractivity contribution in [3.05, 3.63) is 89.0 Å². The largest absolute Gasteiger partial charge is 0.489 e. The van der Waals surface area contributed by atoms with Crippen LogP contribution in [0.3, 0.4) is 0 Å². The molecule has 0 bridgehead atoms. The highest BCUT2D eigenvalue weighted by Crippen LogP contribution is 2.37. The number of aryl methyl sites for hydroxylation is 1. The van der Waals surface area contributed by atoms with Crippen molar-refractivity contribution in [2.45, 2.75) is 45.5 Å². The third-order valence-electron chi connectivity index (χ3n) is 6.68. The van der Waals surface area contributed by atoms with E-state index in [2.05, 4.69) is 66.4 Å². The van der Waals surface area contributed by atoms with Gasteiger partial charge in [0.15, 0.2) is 0 Å². The van der Waals surface area contributed by atoms with Crippen molar-refractivity contribution in [1.82, 2.24) is 4.90 Å². The molecule has 0 amide bonds. The summed E-state index contributed by atoms with van der Waals surface area (Å²) in [4.78, 5) is 13.5. The maximum absolute atomic E-state index is 11.1. The number of hydrogen-bond acceptors (Lipinski definition) is 3. The summed E-state index contributed by atoms with van der Waals surface area (Å²) in [6, 6.07) is 23.7. The van der Waals surface area contributed by atoms with Crippen molar-refractivity contribution in [3.63, 3.8) is 0 Å². The molecule has 1 aliphatic carbocycles. The van der Waals surface area contributed by atoms with Crippen LogP contribution in [0.15, 0.2) is 66.7 Å². The van der Waals surface area contributed by atoms with Crippen LogP contribution >= 0.6 is 0 Å². The first-order chi connectivity index (χ1) is 15.1. The van der Waals surface area contributed by atoms with Crippen LogP contribution in [0.4, 0.5) is 0 Å². The number of nitrogens with zero attached hydrogens (tertiary/aromatic N) is 1. The van der Waals surface area contributed by atoms with E-state index in [-0.39, 0.29) is 5.92 Å². The van der Waals surface area contributed by atoms with E-state index in [1.807, 2.05) is 12.1 Å². The van der Waals surface area contributed by atoms with E-state index in [1.165, 1.54) is 27.8 Å². The second kappa shape index (κ2) is 8.20. The Hall–Kier alpha value is -3.11. The van der Waals surface area contributed by atoms with Gasteiger partial charge in [-0.05, 0) is 65.3 Å². The highest BCUT2D eigenvalue weighted by atomic mass is 16.5. The second-order valence-electron chi connectivity index (χ2n) is 8.80. The molecular weight excluding hydrogens is 386 g/mol. The normalized spacial score (nSPS) is 20.2. The summed E-state index contributed by atoms with van der Waals surface area (Å²) in [5.41, 5.74) is 7.52. The van der Waals surface area contributed by atoms with E-state index in [9.17, 15) is 4.79 Å². The van der Waals surface area contributed by atoms with Gasteiger partial charge in [0.25, 0.3) is 0 Å². The van der Waals surface area contributed by atoms with E-state index in [1.54, 1.807) is 0 Å². The van der Waals surface area contributed by atoms with Gasteiger partial charge in [-0.3, -0.25) is 9.69 Å². The van der Waals surface area contributed by atoms with Gasteiger partial charge in [-0.2, -0.15) is 0 Å². The zero-order chi connectivity index (χ0) is 21.4. The molecule has 158 valence electrons. The van der Waals surface area contributed by atoms with Crippen molar-refractivity contribution < 1.29 is 14.6 Å². The fraction of sp³-hybridized carbons (Fsp3) is 0.296. The Bertz CT molecular complexity index is 1100. The molecule has 0 unspecified atom stereocenters. The van der Waals surface area contributed by atoms with Gasteiger partial charge in [-0.25, -0.2) is 0 Å². The van der Waals surface area contributed by atoms with Crippen molar-refractivity contribution in [3.8, 4) is 16.9 Å². The van der Waals surface area contributed by atoms with Crippen LogP contribution in [0.1, 0.15) is 35.1 Å². The molecule has 1 heterocycles. The lowest BCUT2D eigenvalue weighted by Crippen LogP contribution is -2.44. The molecule has 0 radical (unpaired) electrons. The second-order valence-corrected chi connectivity index (χ2v) is 8.80. The van der Waals surface area contributed by atoms with Gasteiger partial charge in [-0.15, -0.1) is 0 Å². The highest BCUT2D eigenvalue weighted by Gasteiger charge is 2.39. The maximum Gasteiger partial charge on any atom is 0.306 e. The predicted molar refractivity (Wildman–Crippen MR) is 121 cm³/mol. The summed E-state index contributed by atoms with van der Waals surface area (Å²) in [6.07, 6.45) is 1.54. The van der Waals surface area contributed by atoms with Crippen LogP contribution in [0.2, 0.25) is 0 Å². The number of carboxylic acid groups (broad SMARTS) is 1. The van der Waals surface area contributed by atoms with E-state index in [0.717, 1.165) is 37.2 Å². The van der Waals surface area contributed by atoms with Crippen molar-refractivity contribution in [2.75, 3.05) is 0 Å². The fourth-order valence-corrected chi connectivity index (χ4v) is 4.76. The van der Waals surface area contributed by atoms with Crippen LogP contribution in [0.25, 0.3) is 11.1 Å². The first-order valence-electron chi connectivity index (χ1n) is 10.9. The lowest BCUT2D eigenvalue weighted by atomic mass is 9.79. The molecule has 3 aromatic rings. The third kappa shape index (κ3) is 4.08. The standard InChI is InChI=1S/C27H27NO3/c1-18-11-19(7-10-26(18)20-5-3-2-4-6-20)17-31-25-9-8-21-15-28(16-23(21)14-25)24-12-22(13-24)27(29)30/h2-11,14,22,24H,12-13,15-17H2,1H3,(H,29,30)/t22-,24-. The molecule has 0 saturated heterocycles. The third-order valence-corrected chi connectivity index (χ3v) is 6.68. The Morgan fingerprint density at radius 3 is 2.52 bits per heavy atom. The monoisotopic (exact) mass is 413 g/mol. The molecule has 1 fully saturated rings. The Morgan fingerprint density at radius 2 is 1.77 bits per heavy atom. The zero-order valence-electron chi connectivity index (χ0n) is 17.8. The minimum atomic E-state index is -0.657. The lowest BCUT2D eigenvalue weighted by molar-refractivity contribution is -0.147. The number of rotatable bonds is 6. The van der Waals surface area contributed by atoms with Crippen molar-refractivity contribution in [2.24, 2.45) is 5.92 Å². The van der Waals surface area contributed by atoms with Crippen LogP contribution in [0, 0.1) is 12.8 Å². The molecule has 4 nitrogen and oxygen atoms in total. The SMILES string of the molecule is Cc1cc(COc2ccc3c(c2)CN([C@H]2C[C@H](C(=O)O)C2)C3)ccc1-c1ccccc1. The zero-order valence-corrected chi connectivity index (χ0v) is 17.8. The number of hydrogen-bond donors (Lipinski definition) is 1. The molecule has 2 aliphatic rings. The minimum absolute atomic E-state index is 0.163. The molecule has 4 heteroatoms. The van der Waals surface area contributed by atoms with Crippen LogP contribution < -0.4 is 4.74 Å². The fourth-order valence-electron chi connectivity index (χ4n) is 4.76. The van der Waals surface area contributed by atoms with E-state index < -0.39 is 5.97 Å². The van der Waals surface area contributed by atoms with Crippen LogP contribution in [-0.4, -0.2) is 22.0 Å². The molecule has 3 aromatic carbocycles. The van der Waals surface area contributed by atoms with Gasteiger partial charge in [0.05, 0.1) is 5.92 Å². The van der Waals surface area contributed by atoms with Crippen molar-refractivity contribution in [1.29, 1.82) is 0 Å². The molecule has 0 aromatic heterocycles. The summed E-state index contributed by atoms with van der Waals surface area (Å²) in [5, 5.41) is 9.11. The molecule has 0 atom stereocenters. The Morgan fingerprint density at radius 1 is 1.00 bits per heavy atom. The average Bonchev–Trinajstić information content (AvgIpc) is 3.14. The first-order valence-corrected chi connectivity index (χ1v) is 10.9. The van der Waals surface area contributed by atoms with Gasteiger partial charge in [0.1, 0.15) is 12.4 Å². The number of aliphatic carboxylic acids is 1. The first kappa shape index (κ1) is 19.8. The van der Waals surface area contributed by atoms with Crippen LogP contribution in [0.5, 0.6) is 5.75 Å². The number of fused-ring (bicyclic) bond motifs is 1. The molecular formula is C27H27NO3. The summed E-state index contributed by atoms with van der Waals surface area (Å²) in [5.74, 6) is 0.0717. The van der Waals surface area contributed by atoms with Gasteiger partial charge in [0.2, 0.25) is 0 Å². The molecule has 1 saturated carbocycles. The van der Waals surface area contributed by atoms with Gasteiger partial charge < -0.3 is 9.84 Å². The summed E-state index contributed by atoms with van der Waals surface area (Å²) in [6.45, 7) is 4.48. The highest BCUT2D eigenvalue weighted by molar-refractivity contribution is 5.71. The molecule has 5 rings (SSSR count). The number of ether oxygens (including phenoxy) is 1. The van der Waals surface area contributed by atoms with Gasteiger partial charge >= 0.3 is 5.97 Å². The molecule has 31 heavy (non-hydrogen) atoms. The topological polar surface area (TPSA) is 49.8 Å². The molecule has 0 spiro atoms. The van der Waals surface area contributed by atoms with Crippen LogP contribution in [-0.2, 0) is 24.5 Å². The number of carbonyl (C=O) groups is 1. The quantitative estimate of drug-likeness (QED) is 0.586. The minimum Gasteiger partial charge on any atom is -0.489 e. The van der Waals surface area contributed by atoms with E-state index in [0.29, 0.717) is 12.6 Å². The Balaban J connectivity index is 1.21. The lowest BCUT2D eigenvalue weighted by Gasteiger charge is -2.39. The summed E-state index contributed by atoms with van der Waals surface area (Å²) < 4.78 is 6.11. The number of benzene rings is 3. The summed E-state index contributed by atoms with van der Waals surface area (Å²) in [7, 11) is 0. The smallest absolute Gasteiger partial charge is 0.306 e. The Labute approximate surface area is 183 Å². The summed E-state index contributed by atoms with van der Waals surface area (Å²) >= 11 is 0. The Kier molecular flexibility index (Phi) is 5.24. The average molecular weight is 414 g/mol. The number of carboxylic acids is 1.